The van der Waals surface area contributed by atoms with Gasteiger partial charge < -0.3 is 15.4 Å². The Labute approximate surface area is 150 Å². The zero-order chi connectivity index (χ0) is 17.1. The van der Waals surface area contributed by atoms with E-state index < -0.39 is 0 Å². The van der Waals surface area contributed by atoms with Crippen LogP contribution in [-0.4, -0.2) is 49.3 Å². The summed E-state index contributed by atoms with van der Waals surface area (Å²) in [5.74, 6) is 0.630. The first-order chi connectivity index (χ1) is 12.2. The van der Waals surface area contributed by atoms with Crippen LogP contribution in [0.5, 0.6) is 0 Å². The van der Waals surface area contributed by atoms with Gasteiger partial charge in [0.25, 0.3) is 0 Å². The molecule has 0 spiro atoms. The first kappa shape index (κ1) is 16.9. The number of carbonyl (C=O) groups excluding carboxylic acids is 1. The highest BCUT2D eigenvalue weighted by Gasteiger charge is 2.37. The number of nitrogens with zero attached hydrogens (tertiary/aromatic N) is 1. The molecular weight excluding hydrogens is 314 g/mol. The van der Waals surface area contributed by atoms with Gasteiger partial charge in [-0.2, -0.15) is 0 Å². The van der Waals surface area contributed by atoms with E-state index in [-0.39, 0.29) is 11.6 Å². The molecule has 4 rings (SSSR count). The van der Waals surface area contributed by atoms with Gasteiger partial charge in [0.05, 0.1) is 18.8 Å². The highest BCUT2D eigenvalue weighted by atomic mass is 16.5. The molecule has 0 atom stereocenters. The molecule has 3 aliphatic rings. The summed E-state index contributed by atoms with van der Waals surface area (Å²) in [7, 11) is 0. The first-order valence-electron chi connectivity index (χ1n) is 9.72. The Morgan fingerprint density at radius 3 is 2.60 bits per heavy atom. The predicted octanol–water partition coefficient (Wildman–Crippen LogP) is 3.33. The molecule has 0 aromatic heterocycles. The minimum atomic E-state index is -0.0874. The van der Waals surface area contributed by atoms with Crippen molar-refractivity contribution in [3.63, 3.8) is 0 Å². The number of morpholine rings is 1. The van der Waals surface area contributed by atoms with Crippen LogP contribution in [0.2, 0.25) is 0 Å². The van der Waals surface area contributed by atoms with Gasteiger partial charge in [0.15, 0.2) is 0 Å². The highest BCUT2D eigenvalue weighted by molar-refractivity contribution is 5.90. The Kier molecular flexibility index (Phi) is 4.95. The maximum Gasteiger partial charge on any atom is 0.319 e. The number of nitrogens with one attached hydrogen (secondary N) is 2. The summed E-state index contributed by atoms with van der Waals surface area (Å²) in [5.41, 5.74) is 2.17. The molecule has 0 unspecified atom stereocenters. The number of amides is 2. The second-order valence-electron chi connectivity index (χ2n) is 7.82. The van der Waals surface area contributed by atoms with Crippen LogP contribution >= 0.6 is 0 Å². The molecule has 0 radical (unpaired) electrons. The molecule has 1 heterocycles. The summed E-state index contributed by atoms with van der Waals surface area (Å²) >= 11 is 0. The molecule has 1 aromatic carbocycles. The molecule has 2 N–H and O–H groups in total. The van der Waals surface area contributed by atoms with E-state index in [1.165, 1.54) is 31.2 Å². The average Bonchev–Trinajstić information content (AvgIpc) is 3.37. The fourth-order valence-electron chi connectivity index (χ4n) is 4.32. The van der Waals surface area contributed by atoms with Crippen molar-refractivity contribution < 1.29 is 9.53 Å². The lowest BCUT2D eigenvalue weighted by molar-refractivity contribution is 0.0254. The number of hydrogen-bond donors (Lipinski definition) is 2. The smallest absolute Gasteiger partial charge is 0.319 e. The van der Waals surface area contributed by atoms with E-state index >= 15 is 0 Å². The standard InChI is InChI=1S/C20H29N3O2/c24-19(21-18-6-2-1-5-17(18)16-7-8-16)22-20(9-3-4-10-20)15-23-11-13-25-14-12-23/h1-2,5-6,16H,3-4,7-15H2,(H2,21,22,24). The lowest BCUT2D eigenvalue weighted by Gasteiger charge is -2.37. The molecule has 2 saturated carbocycles. The molecule has 0 bridgehead atoms. The molecule has 1 saturated heterocycles. The Hall–Kier alpha value is -1.59. The van der Waals surface area contributed by atoms with Crippen LogP contribution in [0.1, 0.15) is 50.0 Å². The number of urea groups is 1. The lowest BCUT2D eigenvalue weighted by Crippen LogP contribution is -2.56. The molecule has 25 heavy (non-hydrogen) atoms. The van der Waals surface area contributed by atoms with Crippen molar-refractivity contribution >= 4 is 11.7 Å². The van der Waals surface area contributed by atoms with Crippen molar-refractivity contribution in [2.45, 2.75) is 50.0 Å². The first-order valence-corrected chi connectivity index (χ1v) is 9.72. The molecule has 2 amide bonds. The molecule has 136 valence electrons. The Morgan fingerprint density at radius 1 is 1.16 bits per heavy atom. The van der Waals surface area contributed by atoms with Gasteiger partial charge in [-0.25, -0.2) is 4.79 Å². The van der Waals surface area contributed by atoms with Crippen LogP contribution in [0, 0.1) is 0 Å². The van der Waals surface area contributed by atoms with Crippen molar-refractivity contribution in [3.05, 3.63) is 29.8 Å². The number of carbonyl (C=O) groups is 1. The third-order valence-corrected chi connectivity index (χ3v) is 5.80. The number of para-hydroxylation sites is 1. The maximum absolute atomic E-state index is 12.7. The van der Waals surface area contributed by atoms with Gasteiger partial charge in [0, 0.05) is 25.3 Å². The topological polar surface area (TPSA) is 53.6 Å². The van der Waals surface area contributed by atoms with Crippen molar-refractivity contribution in [1.29, 1.82) is 0 Å². The van der Waals surface area contributed by atoms with E-state index in [0.29, 0.717) is 5.92 Å². The second kappa shape index (κ2) is 7.34. The molecule has 1 aromatic rings. The van der Waals surface area contributed by atoms with Crippen molar-refractivity contribution in [1.82, 2.24) is 10.2 Å². The SMILES string of the molecule is O=C(Nc1ccccc1C1CC1)NC1(CN2CCOCC2)CCCC1. The normalized spacial score (nSPS) is 23.4. The van der Waals surface area contributed by atoms with Gasteiger partial charge in [0.2, 0.25) is 0 Å². The van der Waals surface area contributed by atoms with Crippen molar-refractivity contribution in [2.75, 3.05) is 38.2 Å². The zero-order valence-electron chi connectivity index (χ0n) is 14.9. The number of benzene rings is 1. The van der Waals surface area contributed by atoms with E-state index in [9.17, 15) is 4.79 Å². The summed E-state index contributed by atoms with van der Waals surface area (Å²) < 4.78 is 5.46. The minimum absolute atomic E-state index is 0.0525. The fraction of sp³-hybridized carbons (Fsp3) is 0.650. The molecule has 1 aliphatic heterocycles. The number of rotatable bonds is 5. The van der Waals surface area contributed by atoms with Gasteiger partial charge in [0.1, 0.15) is 0 Å². The van der Waals surface area contributed by atoms with Crippen LogP contribution in [-0.2, 0) is 4.74 Å². The summed E-state index contributed by atoms with van der Waals surface area (Å²) in [5, 5.41) is 6.47. The molecule has 2 aliphatic carbocycles. The number of ether oxygens (including phenoxy) is 1. The van der Waals surface area contributed by atoms with E-state index in [1.54, 1.807) is 0 Å². The summed E-state index contributed by atoms with van der Waals surface area (Å²) in [6.07, 6.45) is 7.01. The summed E-state index contributed by atoms with van der Waals surface area (Å²) in [6, 6.07) is 8.18. The van der Waals surface area contributed by atoms with E-state index in [4.69, 9.17) is 4.74 Å². The third-order valence-electron chi connectivity index (χ3n) is 5.80. The highest BCUT2D eigenvalue weighted by Crippen LogP contribution is 2.43. The monoisotopic (exact) mass is 343 g/mol. The van der Waals surface area contributed by atoms with Crippen molar-refractivity contribution in [3.8, 4) is 0 Å². The number of hydrogen-bond acceptors (Lipinski definition) is 3. The van der Waals surface area contributed by atoms with Gasteiger partial charge >= 0.3 is 6.03 Å². The Morgan fingerprint density at radius 2 is 1.88 bits per heavy atom. The minimum Gasteiger partial charge on any atom is -0.379 e. The van der Waals surface area contributed by atoms with E-state index in [1.807, 2.05) is 12.1 Å². The second-order valence-corrected chi connectivity index (χ2v) is 7.82. The Bertz CT molecular complexity index is 603. The lowest BCUT2D eigenvalue weighted by atomic mass is 9.96. The van der Waals surface area contributed by atoms with E-state index in [2.05, 4.69) is 27.7 Å². The van der Waals surface area contributed by atoms with Crippen LogP contribution in [0.25, 0.3) is 0 Å². The van der Waals surface area contributed by atoms with Crippen LogP contribution in [0.15, 0.2) is 24.3 Å². The largest absolute Gasteiger partial charge is 0.379 e. The Balaban J connectivity index is 1.40. The van der Waals surface area contributed by atoms with Crippen LogP contribution in [0.3, 0.4) is 0 Å². The average molecular weight is 343 g/mol. The van der Waals surface area contributed by atoms with Crippen LogP contribution in [0.4, 0.5) is 10.5 Å². The third kappa shape index (κ3) is 4.15. The quantitative estimate of drug-likeness (QED) is 0.862. The molecule has 3 fully saturated rings. The van der Waals surface area contributed by atoms with Gasteiger partial charge in [-0.3, -0.25) is 4.90 Å². The molecular formula is C20H29N3O2. The molecule has 5 nitrogen and oxygen atoms in total. The van der Waals surface area contributed by atoms with Gasteiger partial charge in [-0.05, 0) is 43.2 Å². The number of anilines is 1. The zero-order valence-corrected chi connectivity index (χ0v) is 14.9. The maximum atomic E-state index is 12.7. The van der Waals surface area contributed by atoms with Gasteiger partial charge in [-0.1, -0.05) is 31.0 Å². The predicted molar refractivity (Wildman–Crippen MR) is 99.0 cm³/mol. The van der Waals surface area contributed by atoms with Crippen molar-refractivity contribution in [2.24, 2.45) is 0 Å². The van der Waals surface area contributed by atoms with Crippen LogP contribution < -0.4 is 10.6 Å². The van der Waals surface area contributed by atoms with Gasteiger partial charge in [-0.15, -0.1) is 0 Å². The summed E-state index contributed by atoms with van der Waals surface area (Å²) in [6.45, 7) is 4.48. The fourth-order valence-corrected chi connectivity index (χ4v) is 4.32. The summed E-state index contributed by atoms with van der Waals surface area (Å²) in [4.78, 5) is 15.2. The molecule has 5 heteroatoms. The van der Waals surface area contributed by atoms with E-state index in [0.717, 1.165) is 51.4 Å².